The van der Waals surface area contributed by atoms with Crippen molar-refractivity contribution >= 4 is 17.5 Å². The smallest absolute Gasteiger partial charge is 0.256 e. The molecule has 0 radical (unpaired) electrons. The van der Waals surface area contributed by atoms with Crippen LogP contribution in [0.2, 0.25) is 0 Å². The van der Waals surface area contributed by atoms with Crippen molar-refractivity contribution in [1.82, 2.24) is 14.7 Å². The van der Waals surface area contributed by atoms with Gasteiger partial charge in [0, 0.05) is 39.5 Å². The molecule has 2 aromatic rings. The second-order valence-corrected chi connectivity index (χ2v) is 7.43. The fourth-order valence-electron chi connectivity index (χ4n) is 2.77. The van der Waals surface area contributed by atoms with Gasteiger partial charge in [-0.1, -0.05) is 0 Å². The number of rotatable bonds is 9. The Morgan fingerprint density at radius 3 is 2.43 bits per heavy atom. The number of nitrogens with one attached hydrogen (secondary N) is 1. The maximum absolute atomic E-state index is 13.0. The van der Waals surface area contributed by atoms with Gasteiger partial charge in [-0.3, -0.25) is 14.3 Å². The molecule has 0 spiro atoms. The van der Waals surface area contributed by atoms with E-state index in [2.05, 4.69) is 10.4 Å². The van der Waals surface area contributed by atoms with Gasteiger partial charge in [0.05, 0.1) is 26.1 Å². The van der Waals surface area contributed by atoms with Gasteiger partial charge >= 0.3 is 0 Å². The van der Waals surface area contributed by atoms with E-state index in [4.69, 9.17) is 14.2 Å². The van der Waals surface area contributed by atoms with Crippen LogP contribution in [0.25, 0.3) is 0 Å². The molecule has 0 aliphatic heterocycles. The molecule has 1 N–H and O–H groups in total. The van der Waals surface area contributed by atoms with E-state index < -0.39 is 5.60 Å². The molecule has 0 aliphatic rings. The lowest BCUT2D eigenvalue weighted by Crippen LogP contribution is -2.39. The van der Waals surface area contributed by atoms with E-state index in [1.54, 1.807) is 48.8 Å². The number of carbonyl (C=O) groups excluding carboxylic acids is 2. The van der Waals surface area contributed by atoms with Crippen LogP contribution in [0.1, 0.15) is 29.8 Å². The van der Waals surface area contributed by atoms with E-state index in [0.29, 0.717) is 35.7 Å². The predicted molar refractivity (Wildman–Crippen MR) is 113 cm³/mol. The number of hydrogen-bond acceptors (Lipinski definition) is 6. The summed E-state index contributed by atoms with van der Waals surface area (Å²) >= 11 is 0. The summed E-state index contributed by atoms with van der Waals surface area (Å²) in [6.07, 6.45) is 4.37. The topological polar surface area (TPSA) is 94.9 Å². The fourth-order valence-corrected chi connectivity index (χ4v) is 2.77. The van der Waals surface area contributed by atoms with Gasteiger partial charge in [0.15, 0.2) is 11.5 Å². The molecule has 9 heteroatoms. The average molecular weight is 418 g/mol. The Labute approximate surface area is 176 Å². The lowest BCUT2D eigenvalue weighted by Gasteiger charge is -2.24. The van der Waals surface area contributed by atoms with Crippen molar-refractivity contribution in [1.29, 1.82) is 0 Å². The van der Waals surface area contributed by atoms with Crippen molar-refractivity contribution in [2.45, 2.75) is 25.9 Å². The van der Waals surface area contributed by atoms with E-state index in [9.17, 15) is 9.59 Å². The highest BCUT2D eigenvalue weighted by molar-refractivity contribution is 6.01. The van der Waals surface area contributed by atoms with Crippen molar-refractivity contribution in [2.75, 3.05) is 40.2 Å². The van der Waals surface area contributed by atoms with Gasteiger partial charge in [0.25, 0.3) is 11.8 Å². The SMILES string of the molecule is COc1cc(C(=O)N(C)CCc2cnn(C)c2)cc(NC(=O)C(C)(C)OC)c1OC. The molecule has 1 aromatic heterocycles. The number of amides is 2. The Morgan fingerprint density at radius 2 is 1.90 bits per heavy atom. The van der Waals surface area contributed by atoms with Gasteiger partial charge in [0.1, 0.15) is 5.60 Å². The molecular weight excluding hydrogens is 388 g/mol. The van der Waals surface area contributed by atoms with Crippen LogP contribution in [0.15, 0.2) is 24.5 Å². The van der Waals surface area contributed by atoms with E-state index in [1.807, 2.05) is 13.2 Å². The Kier molecular flexibility index (Phi) is 7.44. The van der Waals surface area contributed by atoms with Crippen LogP contribution in [0.3, 0.4) is 0 Å². The highest BCUT2D eigenvalue weighted by Gasteiger charge is 2.29. The zero-order valence-electron chi connectivity index (χ0n) is 18.6. The third-order valence-corrected chi connectivity index (χ3v) is 4.87. The first kappa shape index (κ1) is 23.2. The normalized spacial score (nSPS) is 11.2. The molecule has 2 rings (SSSR count). The predicted octanol–water partition coefficient (Wildman–Crippen LogP) is 2.12. The molecule has 1 heterocycles. The molecule has 1 aromatic carbocycles. The minimum absolute atomic E-state index is 0.207. The maximum Gasteiger partial charge on any atom is 0.256 e. The van der Waals surface area contributed by atoms with E-state index in [1.165, 1.54) is 21.3 Å². The van der Waals surface area contributed by atoms with Crippen molar-refractivity contribution in [3.8, 4) is 11.5 Å². The molecule has 0 unspecified atom stereocenters. The Bertz CT molecular complexity index is 907. The number of aromatic nitrogens is 2. The summed E-state index contributed by atoms with van der Waals surface area (Å²) in [6, 6.07) is 3.17. The summed E-state index contributed by atoms with van der Waals surface area (Å²) in [7, 11) is 7.97. The largest absolute Gasteiger partial charge is 0.493 e. The summed E-state index contributed by atoms with van der Waals surface area (Å²) in [4.78, 5) is 27.2. The van der Waals surface area contributed by atoms with Gasteiger partial charge in [-0.25, -0.2) is 0 Å². The summed E-state index contributed by atoms with van der Waals surface area (Å²) in [6.45, 7) is 3.80. The average Bonchev–Trinajstić information content (AvgIpc) is 3.15. The van der Waals surface area contributed by atoms with Crippen molar-refractivity contribution < 1.29 is 23.8 Å². The molecular formula is C21H30N4O5. The number of ether oxygens (including phenoxy) is 3. The molecule has 0 atom stereocenters. The lowest BCUT2D eigenvalue weighted by atomic mass is 10.1. The summed E-state index contributed by atoms with van der Waals surface area (Å²) in [5.74, 6) is 0.0862. The summed E-state index contributed by atoms with van der Waals surface area (Å²) < 4.78 is 17.7. The molecule has 0 saturated carbocycles. The molecule has 0 saturated heterocycles. The third-order valence-electron chi connectivity index (χ3n) is 4.87. The number of methoxy groups -OCH3 is 3. The Balaban J connectivity index is 2.27. The highest BCUT2D eigenvalue weighted by atomic mass is 16.5. The second kappa shape index (κ2) is 9.62. The quantitative estimate of drug-likeness (QED) is 0.670. The second-order valence-electron chi connectivity index (χ2n) is 7.43. The molecule has 0 fully saturated rings. The number of benzene rings is 1. The molecule has 9 nitrogen and oxygen atoms in total. The first-order valence-electron chi connectivity index (χ1n) is 9.48. The molecule has 2 amide bonds. The number of carbonyl (C=O) groups is 2. The Hall–Kier alpha value is -3.07. The van der Waals surface area contributed by atoms with Crippen LogP contribution >= 0.6 is 0 Å². The van der Waals surface area contributed by atoms with Crippen molar-refractivity contribution in [3.05, 3.63) is 35.7 Å². The van der Waals surface area contributed by atoms with Crippen LogP contribution < -0.4 is 14.8 Å². The maximum atomic E-state index is 13.0. The molecule has 164 valence electrons. The number of hydrogen-bond donors (Lipinski definition) is 1. The van der Waals surface area contributed by atoms with E-state index in [0.717, 1.165) is 5.56 Å². The van der Waals surface area contributed by atoms with Crippen LogP contribution in [0.5, 0.6) is 11.5 Å². The van der Waals surface area contributed by atoms with Crippen molar-refractivity contribution in [3.63, 3.8) is 0 Å². The molecule has 0 aliphatic carbocycles. The first-order valence-corrected chi connectivity index (χ1v) is 9.48. The minimum atomic E-state index is -1.06. The van der Waals surface area contributed by atoms with Gasteiger partial charge < -0.3 is 24.4 Å². The van der Waals surface area contributed by atoms with E-state index in [-0.39, 0.29) is 11.8 Å². The van der Waals surface area contributed by atoms with Crippen LogP contribution in [-0.2, 0) is 23.0 Å². The standard InChI is InChI=1S/C21H30N4O5/c1-21(2,30-7)20(27)23-16-10-15(11-17(28-5)18(16)29-6)19(26)24(3)9-8-14-12-22-25(4)13-14/h10-13H,8-9H2,1-7H3,(H,23,27). The van der Waals surface area contributed by atoms with Gasteiger partial charge in [-0.05, 0) is 38.0 Å². The third kappa shape index (κ3) is 5.29. The van der Waals surface area contributed by atoms with Crippen LogP contribution in [0.4, 0.5) is 5.69 Å². The lowest BCUT2D eigenvalue weighted by molar-refractivity contribution is -0.133. The Morgan fingerprint density at radius 1 is 1.20 bits per heavy atom. The van der Waals surface area contributed by atoms with Gasteiger partial charge in [0.2, 0.25) is 0 Å². The molecule has 30 heavy (non-hydrogen) atoms. The fraction of sp³-hybridized carbons (Fsp3) is 0.476. The highest BCUT2D eigenvalue weighted by Crippen LogP contribution is 2.37. The van der Waals surface area contributed by atoms with Crippen molar-refractivity contribution in [2.24, 2.45) is 7.05 Å². The minimum Gasteiger partial charge on any atom is -0.493 e. The number of anilines is 1. The summed E-state index contributed by atoms with van der Waals surface area (Å²) in [5, 5.41) is 6.91. The number of nitrogens with zero attached hydrogens (tertiary/aromatic N) is 3. The zero-order valence-corrected chi connectivity index (χ0v) is 18.6. The van der Waals surface area contributed by atoms with Gasteiger partial charge in [-0.15, -0.1) is 0 Å². The monoisotopic (exact) mass is 418 g/mol. The number of aryl methyl sites for hydroxylation is 1. The zero-order chi connectivity index (χ0) is 22.5. The van der Waals surface area contributed by atoms with Crippen LogP contribution in [0, 0.1) is 0 Å². The van der Waals surface area contributed by atoms with E-state index >= 15 is 0 Å². The van der Waals surface area contributed by atoms with Crippen LogP contribution in [-0.4, -0.2) is 67.0 Å². The first-order chi connectivity index (χ1) is 14.1. The number of likely N-dealkylation sites (N-methyl/N-ethyl adjacent to an activating group) is 1. The molecule has 0 bridgehead atoms. The summed E-state index contributed by atoms with van der Waals surface area (Å²) in [5.41, 5.74) is 0.681. The van der Waals surface area contributed by atoms with Gasteiger partial charge in [-0.2, -0.15) is 5.10 Å².